The lowest BCUT2D eigenvalue weighted by atomic mass is 10.0. The molecule has 0 aliphatic carbocycles. The Bertz CT molecular complexity index is 4010. The van der Waals surface area contributed by atoms with Crippen molar-refractivity contribution in [2.75, 3.05) is 83.2 Å². The van der Waals surface area contributed by atoms with E-state index in [0.717, 1.165) is 170 Å². The lowest BCUT2D eigenvalue weighted by Gasteiger charge is -2.30. The summed E-state index contributed by atoms with van der Waals surface area (Å²) in [5, 5.41) is 0. The van der Waals surface area contributed by atoms with Gasteiger partial charge in [0.15, 0.2) is 0 Å². The molecule has 2 aliphatic rings. The molecule has 0 amide bonds. The van der Waals surface area contributed by atoms with Crippen LogP contribution in [0.5, 0.6) is 28.7 Å². The number of aromatic amines is 2. The average Bonchev–Trinajstić information content (AvgIpc) is 1.56. The fraction of sp³-hybridized carbons (Fsp3) is 0.457. The van der Waals surface area contributed by atoms with E-state index in [4.69, 9.17) is 28.9 Å². The van der Waals surface area contributed by atoms with Crippen molar-refractivity contribution in [2.24, 2.45) is 0 Å². The lowest BCUT2D eigenvalue weighted by molar-refractivity contribution is -0.885. The zero-order valence-electron chi connectivity index (χ0n) is 66.2. The highest BCUT2D eigenvalue weighted by atomic mass is 127. The summed E-state index contributed by atoms with van der Waals surface area (Å²) in [6, 6.07) is 48.2. The zero-order valence-corrected chi connectivity index (χ0v) is 72.7. The van der Waals surface area contributed by atoms with Gasteiger partial charge in [-0.25, -0.2) is 9.97 Å². The van der Waals surface area contributed by atoms with Crippen molar-refractivity contribution in [1.82, 2.24) is 19.9 Å². The van der Waals surface area contributed by atoms with E-state index in [-0.39, 0.29) is 71.9 Å². The van der Waals surface area contributed by atoms with Gasteiger partial charge in [-0.05, 0) is 151 Å². The summed E-state index contributed by atoms with van der Waals surface area (Å²) in [5.41, 5.74) is 18.9. The second-order valence-corrected chi connectivity index (χ2v) is 32.3. The Hall–Kier alpha value is -6.03. The second-order valence-electron chi connectivity index (χ2n) is 32.3. The van der Waals surface area contributed by atoms with E-state index in [1.807, 2.05) is 0 Å². The van der Waals surface area contributed by atoms with Gasteiger partial charge >= 0.3 is 0 Å². The van der Waals surface area contributed by atoms with E-state index >= 15 is 0 Å². The van der Waals surface area contributed by atoms with Crippen molar-refractivity contribution in [3.8, 4) is 73.3 Å². The van der Waals surface area contributed by atoms with Crippen LogP contribution in [0, 0.1) is 0 Å². The first-order chi connectivity index (χ1) is 49.8. The maximum absolute atomic E-state index is 7.22. The first-order valence-electron chi connectivity index (χ1n) is 39.5. The number of benzene rings is 5. The minimum absolute atomic E-state index is 0. The predicted octanol–water partition coefficient (Wildman–Crippen LogP) is 15.3. The number of hydrogen-bond donors (Lipinski definition) is 2. The Labute approximate surface area is 688 Å². The number of hydrogen-bond acceptors (Lipinski definition) is 6. The van der Waals surface area contributed by atoms with Crippen molar-refractivity contribution in [3.05, 3.63) is 173 Å². The van der Waals surface area contributed by atoms with Gasteiger partial charge in [-0.2, -0.15) is 0 Å². The zero-order chi connectivity index (χ0) is 72.6. The van der Waals surface area contributed by atoms with E-state index in [2.05, 4.69) is 252 Å². The van der Waals surface area contributed by atoms with E-state index in [1.54, 1.807) is 0 Å². The van der Waals surface area contributed by atoms with E-state index in [9.17, 15) is 0 Å². The number of quaternary nitrogens is 3. The standard InChI is InChI=1S/C92H124N7O4.3HI/c1-13-16-19-22-25-28-31-34-61-100-76-45-37-70(38-46-76)88-80-53-55-82(93-80)89(71-39-47-77(48-40-71)101-62-35-32-29-26-23-20-17-14-2)84-57-59-86(95-84)91(73-43-51-79(52-44-73)103-92-74(67-98(7,8)9)64-69(66-97(4,5)6)65-75(92)68-99(10,11)12)87-60-58-85(96-87)90(83-56-54-81(88)94-83)72-41-49-78(50-42-72)102-63-36-33-30-27-24-21-18-15-3;;;/h37-60,64-65,93-94H,13-36,61-63,66-68H2,1-12H3;3*1H/q+3;;;/p-3. The van der Waals surface area contributed by atoms with Crippen LogP contribution in [0.3, 0.4) is 0 Å². The Kier molecular flexibility index (Phi) is 35.7. The summed E-state index contributed by atoms with van der Waals surface area (Å²) in [7, 11) is 20.3. The van der Waals surface area contributed by atoms with Crippen LogP contribution in [-0.4, -0.2) is 117 Å². The van der Waals surface area contributed by atoms with Crippen LogP contribution in [0.2, 0.25) is 0 Å². The molecule has 10 rings (SSSR count). The molecule has 3 aromatic heterocycles. The van der Waals surface area contributed by atoms with Gasteiger partial charge in [0, 0.05) is 61.0 Å². The number of unbranched alkanes of at least 4 members (excludes halogenated alkanes) is 21. The van der Waals surface area contributed by atoms with Crippen LogP contribution < -0.4 is 90.9 Å². The molecule has 0 spiro atoms. The van der Waals surface area contributed by atoms with Gasteiger partial charge in [0.25, 0.3) is 0 Å². The van der Waals surface area contributed by atoms with Crippen LogP contribution in [0.15, 0.2) is 133 Å². The lowest BCUT2D eigenvalue weighted by Crippen LogP contribution is -3.00. The molecule has 0 radical (unpaired) electrons. The van der Waals surface area contributed by atoms with Crippen molar-refractivity contribution < 1.29 is 104 Å². The van der Waals surface area contributed by atoms with Gasteiger partial charge in [0.05, 0.1) is 106 Å². The predicted molar refractivity (Wildman–Crippen MR) is 437 cm³/mol. The van der Waals surface area contributed by atoms with Crippen molar-refractivity contribution in [2.45, 2.75) is 195 Å². The average molecular weight is 1770 g/mol. The molecule has 8 bridgehead atoms. The highest BCUT2D eigenvalue weighted by Crippen LogP contribution is 2.42. The number of nitrogens with one attached hydrogen (secondary N) is 2. The smallest absolute Gasteiger partial charge is 0.145 e. The summed E-state index contributed by atoms with van der Waals surface area (Å²) in [6.45, 7) is 11.5. The molecule has 2 aliphatic heterocycles. The van der Waals surface area contributed by atoms with Crippen molar-refractivity contribution >= 4 is 46.4 Å². The maximum Gasteiger partial charge on any atom is 0.145 e. The molecule has 14 heteroatoms. The van der Waals surface area contributed by atoms with Crippen LogP contribution in [-0.2, 0) is 19.6 Å². The van der Waals surface area contributed by atoms with Crippen LogP contribution in [0.25, 0.3) is 90.9 Å². The molecule has 0 atom stereocenters. The van der Waals surface area contributed by atoms with Crippen molar-refractivity contribution in [1.29, 1.82) is 0 Å². The normalized spacial score (nSPS) is 12.0. The third-order valence-electron chi connectivity index (χ3n) is 19.6. The summed E-state index contributed by atoms with van der Waals surface area (Å²) in [6.07, 6.45) is 38.9. The van der Waals surface area contributed by atoms with Crippen LogP contribution in [0.1, 0.15) is 214 Å². The van der Waals surface area contributed by atoms with Gasteiger partial charge in [0.1, 0.15) is 48.4 Å². The molecule has 0 saturated heterocycles. The third-order valence-corrected chi connectivity index (χ3v) is 19.6. The molecule has 0 fully saturated rings. The highest BCUT2D eigenvalue weighted by molar-refractivity contribution is 6.00. The van der Waals surface area contributed by atoms with Gasteiger partial charge in [-0.3, -0.25) is 0 Å². The summed E-state index contributed by atoms with van der Waals surface area (Å²) in [5.74, 6) is 4.33. The highest BCUT2D eigenvalue weighted by Gasteiger charge is 2.26. The van der Waals surface area contributed by atoms with E-state index < -0.39 is 0 Å². The number of H-pyrrole nitrogens is 2. The fourth-order valence-corrected chi connectivity index (χ4v) is 14.5. The van der Waals surface area contributed by atoms with Crippen LogP contribution >= 0.6 is 0 Å². The van der Waals surface area contributed by atoms with E-state index in [0.29, 0.717) is 19.8 Å². The number of nitrogens with zero attached hydrogens (tertiary/aromatic N) is 5. The first-order valence-corrected chi connectivity index (χ1v) is 39.5. The molecule has 5 heterocycles. The SMILES string of the molecule is CCCCCCCCCCOc1ccc(-c2c3nc(c(-c4ccc(Oc5c(C[N+](C)(C)C)cc(C[N+](C)(C)C)cc5C[N+](C)(C)C)cc4)c4nc(c(-c5ccc(OCCCCCCCCCC)cc5)c5ccc([nH]5)c(-c5ccc(OCCCCCCCCCC)cc5)c5ccc2[nH]5)C=C4)C=C3)cc1.[I-].[I-].[I-]. The largest absolute Gasteiger partial charge is 1.00 e. The van der Waals surface area contributed by atoms with Crippen LogP contribution in [0.4, 0.5) is 0 Å². The number of ether oxygens (including phenoxy) is 4. The monoisotopic (exact) mass is 1770 g/mol. The molecule has 8 aromatic rings. The Balaban J connectivity index is 0.00000523. The first kappa shape index (κ1) is 87.2. The molecule has 572 valence electrons. The third kappa shape index (κ3) is 26.6. The summed E-state index contributed by atoms with van der Waals surface area (Å²) in [4.78, 5) is 19.4. The quantitative estimate of drug-likeness (QED) is 0.0225. The second kappa shape index (κ2) is 43.4. The molecular formula is C92H124I3N7O4. The number of halogens is 3. The minimum atomic E-state index is 0. The molecule has 5 aromatic carbocycles. The van der Waals surface area contributed by atoms with Crippen molar-refractivity contribution in [3.63, 3.8) is 0 Å². The van der Waals surface area contributed by atoms with Gasteiger partial charge in [-0.1, -0.05) is 204 Å². The van der Waals surface area contributed by atoms with Gasteiger partial charge in [0.2, 0.25) is 0 Å². The topological polar surface area (TPSA) is 94.3 Å². The molecule has 106 heavy (non-hydrogen) atoms. The molecule has 2 N–H and O–H groups in total. The fourth-order valence-electron chi connectivity index (χ4n) is 14.5. The summed E-state index contributed by atoms with van der Waals surface area (Å²) < 4.78 is 28.9. The maximum atomic E-state index is 7.22. The Morgan fingerprint density at radius 3 is 0.868 bits per heavy atom. The van der Waals surface area contributed by atoms with Gasteiger partial charge < -0.3 is 114 Å². The number of rotatable bonds is 42. The molecule has 11 nitrogen and oxygen atoms in total. The number of aromatic nitrogens is 4. The molecule has 0 unspecified atom stereocenters. The Morgan fingerprint density at radius 2 is 0.557 bits per heavy atom. The van der Waals surface area contributed by atoms with E-state index in [1.165, 1.54) is 152 Å². The number of fused-ring (bicyclic) bond motifs is 8. The molecular weight excluding hydrogens is 1650 g/mol. The molecule has 0 saturated carbocycles. The minimum Gasteiger partial charge on any atom is -1.00 e. The van der Waals surface area contributed by atoms with Gasteiger partial charge in [-0.15, -0.1) is 0 Å². The Morgan fingerprint density at radius 1 is 0.292 bits per heavy atom. The summed E-state index contributed by atoms with van der Waals surface area (Å²) >= 11 is 0.